The second kappa shape index (κ2) is 6.74. The van der Waals surface area contributed by atoms with Gasteiger partial charge in [-0.2, -0.15) is 0 Å². The summed E-state index contributed by atoms with van der Waals surface area (Å²) >= 11 is 0. The van der Waals surface area contributed by atoms with Crippen molar-refractivity contribution in [3.05, 3.63) is 17.7 Å². The first-order chi connectivity index (χ1) is 8.62. The molecule has 18 heavy (non-hydrogen) atoms. The number of aliphatic carboxylic acids is 1. The van der Waals surface area contributed by atoms with Crippen LogP contribution in [0.25, 0.3) is 0 Å². The number of methoxy groups -OCH3 is 2. The van der Waals surface area contributed by atoms with Gasteiger partial charge in [0.15, 0.2) is 11.5 Å². The van der Waals surface area contributed by atoms with E-state index >= 15 is 0 Å². The minimum Gasteiger partial charge on any atom is -0.493 e. The van der Waals surface area contributed by atoms with Crippen LogP contribution in [-0.4, -0.2) is 31.9 Å². The zero-order chi connectivity index (χ0) is 13.5. The molecule has 1 aromatic carbocycles. The topological polar surface area (TPSA) is 65.0 Å². The van der Waals surface area contributed by atoms with E-state index in [0.717, 1.165) is 5.56 Å². The van der Waals surface area contributed by atoms with Gasteiger partial charge in [0.1, 0.15) is 0 Å². The third kappa shape index (κ3) is 3.55. The highest BCUT2D eigenvalue weighted by atomic mass is 16.5. The molecule has 5 nitrogen and oxygen atoms in total. The van der Waals surface area contributed by atoms with Gasteiger partial charge in [-0.3, -0.25) is 4.79 Å². The lowest BCUT2D eigenvalue weighted by Crippen LogP contribution is -2.02. The van der Waals surface area contributed by atoms with Crippen molar-refractivity contribution >= 4 is 5.97 Å². The van der Waals surface area contributed by atoms with Gasteiger partial charge in [0.25, 0.3) is 0 Å². The molecule has 1 rings (SSSR count). The minimum atomic E-state index is -0.832. The molecule has 5 heteroatoms. The van der Waals surface area contributed by atoms with Gasteiger partial charge in [-0.25, -0.2) is 0 Å². The molecular weight excluding hydrogens is 236 g/mol. The zero-order valence-corrected chi connectivity index (χ0v) is 10.9. The molecule has 0 fully saturated rings. The maximum Gasteiger partial charge on any atom is 0.303 e. The number of carboxylic acids is 1. The molecule has 0 amide bonds. The van der Waals surface area contributed by atoms with Crippen molar-refractivity contribution < 1.29 is 24.1 Å². The molecule has 0 aliphatic heterocycles. The number of benzene rings is 1. The lowest BCUT2D eigenvalue weighted by molar-refractivity contribution is -0.136. The molecule has 0 saturated heterocycles. The molecule has 0 unspecified atom stereocenters. The molecule has 0 saturated carbocycles. The molecule has 0 atom stereocenters. The van der Waals surface area contributed by atoms with Crippen LogP contribution in [0.5, 0.6) is 17.2 Å². The van der Waals surface area contributed by atoms with E-state index < -0.39 is 5.97 Å². The average molecular weight is 254 g/mol. The number of carboxylic acid groups (broad SMARTS) is 1. The maximum atomic E-state index is 10.6. The van der Waals surface area contributed by atoms with Crippen LogP contribution in [0.2, 0.25) is 0 Å². The summed E-state index contributed by atoms with van der Waals surface area (Å²) in [6.45, 7) is 2.37. The third-order valence-electron chi connectivity index (χ3n) is 2.44. The average Bonchev–Trinajstić information content (AvgIpc) is 2.37. The number of aryl methyl sites for hydroxylation is 1. The first-order valence-corrected chi connectivity index (χ1v) is 5.71. The Morgan fingerprint density at radius 2 is 1.78 bits per heavy atom. The second-order valence-corrected chi connectivity index (χ2v) is 3.66. The largest absolute Gasteiger partial charge is 0.493 e. The van der Waals surface area contributed by atoms with Crippen LogP contribution in [0.1, 0.15) is 18.9 Å². The number of hydrogen-bond acceptors (Lipinski definition) is 4. The summed E-state index contributed by atoms with van der Waals surface area (Å²) in [5.41, 5.74) is 0.842. The van der Waals surface area contributed by atoms with E-state index in [0.29, 0.717) is 30.3 Å². The van der Waals surface area contributed by atoms with E-state index in [9.17, 15) is 4.79 Å². The van der Waals surface area contributed by atoms with Crippen molar-refractivity contribution in [1.82, 2.24) is 0 Å². The number of hydrogen-bond donors (Lipinski definition) is 1. The Morgan fingerprint density at radius 1 is 1.22 bits per heavy atom. The van der Waals surface area contributed by atoms with Gasteiger partial charge in [0.05, 0.1) is 20.8 Å². The number of carbonyl (C=O) groups is 1. The standard InChI is InChI=1S/C13H18O5/c1-4-18-13-10(16-2)7-9(5-6-12(14)15)8-11(13)17-3/h7-8H,4-6H2,1-3H3,(H,14,15). The molecule has 0 aromatic heterocycles. The Bertz CT molecular complexity index is 389. The van der Waals surface area contributed by atoms with E-state index in [1.807, 2.05) is 6.92 Å². The second-order valence-electron chi connectivity index (χ2n) is 3.66. The first-order valence-electron chi connectivity index (χ1n) is 5.71. The van der Waals surface area contributed by atoms with Crippen molar-refractivity contribution in [2.75, 3.05) is 20.8 Å². The van der Waals surface area contributed by atoms with Crippen molar-refractivity contribution in [2.45, 2.75) is 19.8 Å². The van der Waals surface area contributed by atoms with Gasteiger partial charge in [0, 0.05) is 6.42 Å². The summed E-state index contributed by atoms with van der Waals surface area (Å²) in [7, 11) is 3.08. The number of rotatable bonds is 7. The lowest BCUT2D eigenvalue weighted by atomic mass is 10.1. The Morgan fingerprint density at radius 3 is 2.17 bits per heavy atom. The fourth-order valence-electron chi connectivity index (χ4n) is 1.62. The van der Waals surface area contributed by atoms with Gasteiger partial charge < -0.3 is 19.3 Å². The van der Waals surface area contributed by atoms with Gasteiger partial charge >= 0.3 is 5.97 Å². The summed E-state index contributed by atoms with van der Waals surface area (Å²) < 4.78 is 15.9. The highest BCUT2D eigenvalue weighted by Crippen LogP contribution is 2.38. The molecule has 0 radical (unpaired) electrons. The molecular formula is C13H18O5. The van der Waals surface area contributed by atoms with Crippen LogP contribution >= 0.6 is 0 Å². The lowest BCUT2D eigenvalue weighted by Gasteiger charge is -2.15. The van der Waals surface area contributed by atoms with Crippen LogP contribution in [0.15, 0.2) is 12.1 Å². The normalized spacial score (nSPS) is 9.94. The minimum absolute atomic E-state index is 0.0697. The van der Waals surface area contributed by atoms with Gasteiger partial charge in [0.2, 0.25) is 5.75 Å². The van der Waals surface area contributed by atoms with E-state index in [1.54, 1.807) is 12.1 Å². The van der Waals surface area contributed by atoms with E-state index in [-0.39, 0.29) is 6.42 Å². The molecule has 100 valence electrons. The molecule has 0 aliphatic rings. The Balaban J connectivity index is 3.05. The fourth-order valence-corrected chi connectivity index (χ4v) is 1.62. The molecule has 0 bridgehead atoms. The fraction of sp³-hybridized carbons (Fsp3) is 0.462. The van der Waals surface area contributed by atoms with Crippen molar-refractivity contribution in [3.8, 4) is 17.2 Å². The van der Waals surface area contributed by atoms with Crippen molar-refractivity contribution in [1.29, 1.82) is 0 Å². The van der Waals surface area contributed by atoms with Gasteiger partial charge in [-0.15, -0.1) is 0 Å². The zero-order valence-electron chi connectivity index (χ0n) is 10.9. The molecule has 0 aliphatic carbocycles. The predicted molar refractivity (Wildman–Crippen MR) is 66.7 cm³/mol. The Labute approximate surface area is 106 Å². The van der Waals surface area contributed by atoms with Crippen LogP contribution < -0.4 is 14.2 Å². The molecule has 1 N–H and O–H groups in total. The first kappa shape index (κ1) is 14.2. The summed E-state index contributed by atoms with van der Waals surface area (Å²) in [6.07, 6.45) is 0.495. The van der Waals surface area contributed by atoms with Crippen LogP contribution in [0.3, 0.4) is 0 Å². The van der Waals surface area contributed by atoms with Gasteiger partial charge in [-0.05, 0) is 31.0 Å². The highest BCUT2D eigenvalue weighted by Gasteiger charge is 2.14. The van der Waals surface area contributed by atoms with E-state index in [2.05, 4.69) is 0 Å². The van der Waals surface area contributed by atoms with E-state index in [4.69, 9.17) is 19.3 Å². The third-order valence-corrected chi connectivity index (χ3v) is 2.44. The summed E-state index contributed by atoms with van der Waals surface area (Å²) in [5, 5.41) is 8.68. The summed E-state index contributed by atoms with van der Waals surface area (Å²) in [4.78, 5) is 10.6. The van der Waals surface area contributed by atoms with Crippen LogP contribution in [0.4, 0.5) is 0 Å². The molecule has 1 aromatic rings. The smallest absolute Gasteiger partial charge is 0.303 e. The monoisotopic (exact) mass is 254 g/mol. The number of ether oxygens (including phenoxy) is 3. The predicted octanol–water partition coefficient (Wildman–Crippen LogP) is 2.12. The Hall–Kier alpha value is -1.91. The van der Waals surface area contributed by atoms with Crippen molar-refractivity contribution in [3.63, 3.8) is 0 Å². The van der Waals surface area contributed by atoms with Crippen LogP contribution in [-0.2, 0) is 11.2 Å². The summed E-state index contributed by atoms with van der Waals surface area (Å²) in [6, 6.07) is 3.55. The summed E-state index contributed by atoms with van der Waals surface area (Å²) in [5.74, 6) is 0.816. The van der Waals surface area contributed by atoms with E-state index in [1.165, 1.54) is 14.2 Å². The Kier molecular flexibility index (Phi) is 5.30. The SMILES string of the molecule is CCOc1c(OC)cc(CCC(=O)O)cc1OC. The maximum absolute atomic E-state index is 10.6. The van der Waals surface area contributed by atoms with Crippen LogP contribution in [0, 0.1) is 0 Å². The quantitative estimate of drug-likeness (QED) is 0.807. The molecule has 0 spiro atoms. The highest BCUT2D eigenvalue weighted by molar-refractivity contribution is 5.67. The van der Waals surface area contributed by atoms with Gasteiger partial charge in [-0.1, -0.05) is 0 Å². The van der Waals surface area contributed by atoms with Crippen molar-refractivity contribution in [2.24, 2.45) is 0 Å². The molecule has 0 heterocycles.